The molecule has 0 radical (unpaired) electrons. The molecule has 0 aliphatic rings. The van der Waals surface area contributed by atoms with E-state index in [2.05, 4.69) is 15.2 Å². The Kier molecular flexibility index (Phi) is 6.05. The Morgan fingerprint density at radius 3 is 2.29 bits per heavy atom. The second-order valence-electron chi connectivity index (χ2n) is 5.24. The maximum atomic E-state index is 12.8. The lowest BCUT2D eigenvalue weighted by molar-refractivity contribution is 0.581. The Balaban J connectivity index is 2.09. The third-order valence-electron chi connectivity index (χ3n) is 3.32. The zero-order valence-electron chi connectivity index (χ0n) is 13.6. The number of benzene rings is 2. The number of hydrazone groups is 1. The summed E-state index contributed by atoms with van der Waals surface area (Å²) in [6.07, 6.45) is 0.734. The first kappa shape index (κ1) is 18.1. The summed E-state index contributed by atoms with van der Waals surface area (Å²) < 4.78 is 39.4. The summed E-state index contributed by atoms with van der Waals surface area (Å²) >= 11 is 0. The molecule has 0 heterocycles. The molecule has 2 N–H and O–H groups in total. The molecule has 2 aromatic carbocycles. The zero-order chi connectivity index (χ0) is 17.6. The number of anilines is 1. The molecular formula is C17H20FN3O2S. The fraction of sp³-hybridized carbons (Fsp3) is 0.235. The van der Waals surface area contributed by atoms with Gasteiger partial charge in [-0.25, -0.2) is 17.5 Å². The van der Waals surface area contributed by atoms with Crippen molar-refractivity contribution >= 4 is 21.4 Å². The molecule has 0 spiro atoms. The van der Waals surface area contributed by atoms with Crippen molar-refractivity contribution in [2.75, 3.05) is 12.0 Å². The van der Waals surface area contributed by atoms with Gasteiger partial charge in [0.2, 0.25) is 10.0 Å². The lowest BCUT2D eigenvalue weighted by Gasteiger charge is -2.07. The van der Waals surface area contributed by atoms with E-state index >= 15 is 0 Å². The van der Waals surface area contributed by atoms with Crippen LogP contribution in [-0.2, 0) is 10.0 Å². The second kappa shape index (κ2) is 8.03. The summed E-state index contributed by atoms with van der Waals surface area (Å²) in [6.45, 7) is 4.11. The van der Waals surface area contributed by atoms with Crippen molar-refractivity contribution in [2.45, 2.75) is 25.2 Å². The maximum absolute atomic E-state index is 12.8. The average molecular weight is 349 g/mol. The van der Waals surface area contributed by atoms with E-state index in [0.717, 1.165) is 12.0 Å². The van der Waals surface area contributed by atoms with Crippen molar-refractivity contribution in [3.05, 3.63) is 59.9 Å². The van der Waals surface area contributed by atoms with Gasteiger partial charge in [0.05, 0.1) is 16.3 Å². The SMILES string of the molecule is CCCNS(=O)(=O)c1ccc(/C(C)=N\Nc2ccc(F)cc2)cc1. The number of halogens is 1. The molecule has 0 amide bonds. The Morgan fingerprint density at radius 1 is 1.08 bits per heavy atom. The third kappa shape index (κ3) is 4.87. The van der Waals surface area contributed by atoms with Crippen LogP contribution in [-0.4, -0.2) is 20.7 Å². The fourth-order valence-corrected chi connectivity index (χ4v) is 3.07. The standard InChI is InChI=1S/C17H20FN3O2S/c1-3-12-19-24(22,23)17-10-4-14(5-11-17)13(2)20-21-16-8-6-15(18)7-9-16/h4-11,19,21H,3,12H2,1-2H3/b20-13-. The van der Waals surface area contributed by atoms with Crippen LogP contribution in [0.25, 0.3) is 0 Å². The Morgan fingerprint density at radius 2 is 1.71 bits per heavy atom. The van der Waals surface area contributed by atoms with Crippen LogP contribution in [0.1, 0.15) is 25.8 Å². The molecule has 0 aliphatic heterocycles. The number of rotatable bonds is 7. The first-order valence-corrected chi connectivity index (χ1v) is 9.06. The highest BCUT2D eigenvalue weighted by molar-refractivity contribution is 7.89. The highest BCUT2D eigenvalue weighted by atomic mass is 32.2. The van der Waals surface area contributed by atoms with Crippen molar-refractivity contribution in [3.63, 3.8) is 0 Å². The lowest BCUT2D eigenvalue weighted by Crippen LogP contribution is -2.24. The summed E-state index contributed by atoms with van der Waals surface area (Å²) in [6, 6.07) is 12.3. The van der Waals surface area contributed by atoms with Crippen LogP contribution in [0.5, 0.6) is 0 Å². The molecule has 5 nitrogen and oxygen atoms in total. The van der Waals surface area contributed by atoms with Gasteiger partial charge in [-0.2, -0.15) is 5.10 Å². The largest absolute Gasteiger partial charge is 0.278 e. The number of sulfonamides is 1. The molecule has 0 unspecified atom stereocenters. The molecule has 2 rings (SSSR count). The molecule has 128 valence electrons. The Hall–Kier alpha value is -2.25. The minimum atomic E-state index is -3.47. The van der Waals surface area contributed by atoms with Gasteiger partial charge >= 0.3 is 0 Å². The van der Waals surface area contributed by atoms with Crippen molar-refractivity contribution in [1.29, 1.82) is 0 Å². The molecule has 0 saturated heterocycles. The third-order valence-corrected chi connectivity index (χ3v) is 4.80. The van der Waals surface area contributed by atoms with Crippen LogP contribution in [0, 0.1) is 5.82 Å². The predicted octanol–water partition coefficient (Wildman–Crippen LogP) is 3.35. The van der Waals surface area contributed by atoms with Crippen molar-refractivity contribution in [1.82, 2.24) is 4.72 Å². The van der Waals surface area contributed by atoms with Gasteiger partial charge in [-0.15, -0.1) is 0 Å². The normalized spacial score (nSPS) is 12.2. The maximum Gasteiger partial charge on any atom is 0.240 e. The molecular weight excluding hydrogens is 329 g/mol. The van der Waals surface area contributed by atoms with Gasteiger partial charge in [0, 0.05) is 6.54 Å². The molecule has 2 aromatic rings. The molecule has 0 fully saturated rings. The first-order valence-electron chi connectivity index (χ1n) is 7.58. The summed E-state index contributed by atoms with van der Waals surface area (Å²) in [5.74, 6) is -0.310. The minimum Gasteiger partial charge on any atom is -0.278 e. The van der Waals surface area contributed by atoms with E-state index in [1.807, 2.05) is 6.92 Å². The van der Waals surface area contributed by atoms with Crippen LogP contribution in [0.2, 0.25) is 0 Å². The number of nitrogens with zero attached hydrogens (tertiary/aromatic N) is 1. The number of hydrogen-bond acceptors (Lipinski definition) is 4. The van der Waals surface area contributed by atoms with E-state index in [1.165, 1.54) is 12.1 Å². The quantitative estimate of drug-likeness (QED) is 0.595. The highest BCUT2D eigenvalue weighted by Gasteiger charge is 2.12. The molecule has 0 atom stereocenters. The van der Waals surface area contributed by atoms with E-state index in [9.17, 15) is 12.8 Å². The molecule has 0 bridgehead atoms. The first-order chi connectivity index (χ1) is 11.4. The van der Waals surface area contributed by atoms with Gasteiger partial charge in [-0.1, -0.05) is 19.1 Å². The van der Waals surface area contributed by atoms with Crippen LogP contribution < -0.4 is 10.1 Å². The summed E-state index contributed by atoms with van der Waals surface area (Å²) in [4.78, 5) is 0.221. The monoisotopic (exact) mass is 349 g/mol. The topological polar surface area (TPSA) is 70.6 Å². The van der Waals surface area contributed by atoms with Gasteiger partial charge in [-0.05, 0) is 55.3 Å². The van der Waals surface area contributed by atoms with Crippen LogP contribution in [0.15, 0.2) is 58.5 Å². The van der Waals surface area contributed by atoms with Gasteiger partial charge in [-0.3, -0.25) is 5.43 Å². The fourth-order valence-electron chi connectivity index (χ4n) is 1.93. The highest BCUT2D eigenvalue weighted by Crippen LogP contribution is 2.12. The smallest absolute Gasteiger partial charge is 0.240 e. The van der Waals surface area contributed by atoms with E-state index in [-0.39, 0.29) is 10.7 Å². The van der Waals surface area contributed by atoms with E-state index in [0.29, 0.717) is 17.9 Å². The van der Waals surface area contributed by atoms with Gasteiger partial charge in [0.15, 0.2) is 0 Å². The molecule has 0 aliphatic carbocycles. The minimum absolute atomic E-state index is 0.221. The van der Waals surface area contributed by atoms with E-state index < -0.39 is 10.0 Å². The van der Waals surface area contributed by atoms with Gasteiger partial charge in [0.1, 0.15) is 5.82 Å². The van der Waals surface area contributed by atoms with Crippen LogP contribution in [0.4, 0.5) is 10.1 Å². The second-order valence-corrected chi connectivity index (χ2v) is 7.01. The van der Waals surface area contributed by atoms with Gasteiger partial charge < -0.3 is 0 Å². The van der Waals surface area contributed by atoms with Crippen molar-refractivity contribution < 1.29 is 12.8 Å². The molecule has 7 heteroatoms. The molecule has 0 saturated carbocycles. The zero-order valence-corrected chi connectivity index (χ0v) is 14.4. The van der Waals surface area contributed by atoms with Crippen LogP contribution in [0.3, 0.4) is 0 Å². The molecule has 0 aromatic heterocycles. The number of hydrogen-bond donors (Lipinski definition) is 2. The summed E-state index contributed by atoms with van der Waals surface area (Å²) in [5.41, 5.74) is 4.97. The average Bonchev–Trinajstić information content (AvgIpc) is 2.59. The van der Waals surface area contributed by atoms with Crippen molar-refractivity contribution in [3.8, 4) is 0 Å². The number of nitrogens with one attached hydrogen (secondary N) is 2. The predicted molar refractivity (Wildman–Crippen MR) is 94.2 cm³/mol. The van der Waals surface area contributed by atoms with E-state index in [4.69, 9.17) is 0 Å². The Bertz CT molecular complexity index is 801. The summed E-state index contributed by atoms with van der Waals surface area (Å²) in [7, 11) is -3.47. The molecule has 24 heavy (non-hydrogen) atoms. The van der Waals surface area contributed by atoms with E-state index in [1.54, 1.807) is 43.3 Å². The van der Waals surface area contributed by atoms with Gasteiger partial charge in [0.25, 0.3) is 0 Å². The lowest BCUT2D eigenvalue weighted by atomic mass is 10.1. The Labute approximate surface area is 141 Å². The van der Waals surface area contributed by atoms with Crippen molar-refractivity contribution in [2.24, 2.45) is 5.10 Å². The summed E-state index contributed by atoms with van der Waals surface area (Å²) in [5, 5.41) is 4.21. The van der Waals surface area contributed by atoms with Crippen LogP contribution >= 0.6 is 0 Å².